The van der Waals surface area contributed by atoms with Gasteiger partial charge in [-0.1, -0.05) is 55.9 Å². The SMILES string of the molecule is CC(C)Cn1c(SCC(=O)N(Cc2ccccc2)C(C)(C)C)nnc1-c1ccco1. The Bertz CT molecular complexity index is 944. The number of rotatable bonds is 8. The molecule has 0 fully saturated rings. The van der Waals surface area contributed by atoms with E-state index in [0.717, 1.165) is 17.3 Å². The maximum atomic E-state index is 13.2. The largest absolute Gasteiger partial charge is 0.461 e. The zero-order valence-electron chi connectivity index (χ0n) is 18.3. The average molecular weight is 427 g/mol. The molecule has 6 nitrogen and oxygen atoms in total. The van der Waals surface area contributed by atoms with E-state index >= 15 is 0 Å². The smallest absolute Gasteiger partial charge is 0.233 e. The normalized spacial score (nSPS) is 11.8. The molecule has 0 saturated carbocycles. The van der Waals surface area contributed by atoms with Gasteiger partial charge in [0.25, 0.3) is 0 Å². The van der Waals surface area contributed by atoms with Crippen LogP contribution >= 0.6 is 11.8 Å². The molecule has 2 aromatic heterocycles. The van der Waals surface area contributed by atoms with Gasteiger partial charge in [0.1, 0.15) is 0 Å². The first-order chi connectivity index (χ1) is 14.3. The van der Waals surface area contributed by atoms with Gasteiger partial charge in [0.2, 0.25) is 5.91 Å². The molecule has 0 radical (unpaired) electrons. The predicted octanol–water partition coefficient (Wildman–Crippen LogP) is 5.11. The van der Waals surface area contributed by atoms with Crippen molar-refractivity contribution in [2.24, 2.45) is 5.92 Å². The van der Waals surface area contributed by atoms with Gasteiger partial charge in [-0.3, -0.25) is 9.36 Å². The first-order valence-corrected chi connectivity index (χ1v) is 11.2. The van der Waals surface area contributed by atoms with Crippen LogP contribution in [0.2, 0.25) is 0 Å². The van der Waals surface area contributed by atoms with E-state index < -0.39 is 0 Å². The molecule has 1 aromatic carbocycles. The number of furan rings is 1. The summed E-state index contributed by atoms with van der Waals surface area (Å²) in [5.41, 5.74) is 0.840. The molecular weight excluding hydrogens is 396 g/mol. The molecule has 0 unspecified atom stereocenters. The van der Waals surface area contributed by atoms with Crippen molar-refractivity contribution in [3.8, 4) is 11.6 Å². The summed E-state index contributed by atoms with van der Waals surface area (Å²) in [6, 6.07) is 13.8. The zero-order chi connectivity index (χ0) is 21.7. The fourth-order valence-electron chi connectivity index (χ4n) is 3.18. The van der Waals surface area contributed by atoms with Gasteiger partial charge in [0.15, 0.2) is 16.7 Å². The van der Waals surface area contributed by atoms with Crippen LogP contribution in [0.1, 0.15) is 40.2 Å². The first-order valence-electron chi connectivity index (χ1n) is 10.2. The van der Waals surface area contributed by atoms with Gasteiger partial charge >= 0.3 is 0 Å². The molecule has 0 bridgehead atoms. The van der Waals surface area contributed by atoms with Crippen molar-refractivity contribution in [2.45, 2.75) is 58.4 Å². The number of aromatic nitrogens is 3. The summed E-state index contributed by atoms with van der Waals surface area (Å²) >= 11 is 1.43. The Kier molecular flexibility index (Phi) is 7.02. The van der Waals surface area contributed by atoms with E-state index in [9.17, 15) is 4.79 Å². The molecule has 30 heavy (non-hydrogen) atoms. The Morgan fingerprint density at radius 3 is 2.47 bits per heavy atom. The number of carbonyl (C=O) groups excluding carboxylic acids is 1. The van der Waals surface area contributed by atoms with Crippen LogP contribution in [-0.4, -0.2) is 36.9 Å². The van der Waals surface area contributed by atoms with Gasteiger partial charge in [-0.05, 0) is 44.4 Å². The minimum absolute atomic E-state index is 0.0787. The van der Waals surface area contributed by atoms with Gasteiger partial charge in [-0.2, -0.15) is 0 Å². The molecular formula is C23H30N4O2S. The molecule has 1 amide bonds. The number of benzene rings is 1. The minimum Gasteiger partial charge on any atom is -0.461 e. The molecule has 0 aliphatic heterocycles. The second-order valence-electron chi connectivity index (χ2n) is 8.71. The standard InChI is InChI=1S/C23H30N4O2S/c1-17(2)14-26-21(19-12-9-13-29-19)24-25-22(26)30-16-20(28)27(23(3,4)5)15-18-10-7-6-8-11-18/h6-13,17H,14-16H2,1-5H3. The maximum Gasteiger partial charge on any atom is 0.233 e. The Hall–Kier alpha value is -2.54. The van der Waals surface area contributed by atoms with Gasteiger partial charge in [-0.15, -0.1) is 10.2 Å². The summed E-state index contributed by atoms with van der Waals surface area (Å²) in [6.07, 6.45) is 1.63. The molecule has 0 spiro atoms. The van der Waals surface area contributed by atoms with Crippen molar-refractivity contribution in [1.29, 1.82) is 0 Å². The number of hydrogen-bond acceptors (Lipinski definition) is 5. The lowest BCUT2D eigenvalue weighted by Crippen LogP contribution is -2.45. The van der Waals surface area contributed by atoms with Crippen LogP contribution in [-0.2, 0) is 17.9 Å². The van der Waals surface area contributed by atoms with E-state index in [-0.39, 0.29) is 11.4 Å². The van der Waals surface area contributed by atoms with Gasteiger partial charge < -0.3 is 9.32 Å². The molecule has 3 aromatic rings. The van der Waals surface area contributed by atoms with Crippen LogP contribution < -0.4 is 0 Å². The van der Waals surface area contributed by atoms with Crippen molar-refractivity contribution in [1.82, 2.24) is 19.7 Å². The van der Waals surface area contributed by atoms with Crippen molar-refractivity contribution in [3.63, 3.8) is 0 Å². The highest BCUT2D eigenvalue weighted by atomic mass is 32.2. The molecule has 0 aliphatic carbocycles. The molecule has 7 heteroatoms. The highest BCUT2D eigenvalue weighted by Gasteiger charge is 2.27. The zero-order valence-corrected chi connectivity index (χ0v) is 19.1. The Balaban J connectivity index is 1.76. The highest BCUT2D eigenvalue weighted by Crippen LogP contribution is 2.27. The predicted molar refractivity (Wildman–Crippen MR) is 120 cm³/mol. The van der Waals surface area contributed by atoms with E-state index in [2.05, 4.69) is 44.8 Å². The molecule has 0 N–H and O–H groups in total. The number of hydrogen-bond donors (Lipinski definition) is 0. The van der Waals surface area contributed by atoms with E-state index in [1.165, 1.54) is 11.8 Å². The second kappa shape index (κ2) is 9.51. The van der Waals surface area contributed by atoms with Crippen LogP contribution in [0.3, 0.4) is 0 Å². The lowest BCUT2D eigenvalue weighted by molar-refractivity contribution is -0.133. The fraction of sp³-hybridized carbons (Fsp3) is 0.435. The van der Waals surface area contributed by atoms with E-state index in [4.69, 9.17) is 4.42 Å². The third-order valence-electron chi connectivity index (χ3n) is 4.63. The van der Waals surface area contributed by atoms with Crippen molar-refractivity contribution >= 4 is 17.7 Å². The highest BCUT2D eigenvalue weighted by molar-refractivity contribution is 7.99. The van der Waals surface area contributed by atoms with Crippen LogP contribution in [0.15, 0.2) is 58.3 Å². The molecule has 0 atom stereocenters. The topological polar surface area (TPSA) is 64.2 Å². The average Bonchev–Trinajstić information content (AvgIpc) is 3.33. The van der Waals surface area contributed by atoms with E-state index in [1.54, 1.807) is 6.26 Å². The molecule has 2 heterocycles. The molecule has 0 aliphatic rings. The van der Waals surface area contributed by atoms with Crippen LogP contribution in [0.5, 0.6) is 0 Å². The molecule has 0 saturated heterocycles. The summed E-state index contributed by atoms with van der Waals surface area (Å²) in [7, 11) is 0. The Morgan fingerprint density at radius 1 is 1.13 bits per heavy atom. The number of carbonyl (C=O) groups is 1. The third kappa shape index (κ3) is 5.53. The Morgan fingerprint density at radius 2 is 1.87 bits per heavy atom. The summed E-state index contributed by atoms with van der Waals surface area (Å²) < 4.78 is 7.56. The minimum atomic E-state index is -0.279. The van der Waals surface area contributed by atoms with E-state index in [1.807, 2.05) is 51.9 Å². The second-order valence-corrected chi connectivity index (χ2v) is 9.66. The van der Waals surface area contributed by atoms with Gasteiger partial charge in [0.05, 0.1) is 12.0 Å². The van der Waals surface area contributed by atoms with Gasteiger partial charge in [-0.25, -0.2) is 0 Å². The summed E-state index contributed by atoms with van der Waals surface area (Å²) in [4.78, 5) is 15.1. The lowest BCUT2D eigenvalue weighted by Gasteiger charge is -2.36. The summed E-state index contributed by atoms with van der Waals surface area (Å²) in [6.45, 7) is 11.8. The fourth-order valence-corrected chi connectivity index (χ4v) is 4.01. The van der Waals surface area contributed by atoms with Crippen LogP contribution in [0.25, 0.3) is 11.6 Å². The Labute approximate surface area is 182 Å². The first kappa shape index (κ1) is 22.2. The number of thioether (sulfide) groups is 1. The lowest BCUT2D eigenvalue weighted by atomic mass is 10.0. The molecule has 3 rings (SSSR count). The van der Waals surface area contributed by atoms with Crippen LogP contribution in [0, 0.1) is 5.92 Å². The maximum absolute atomic E-state index is 13.2. The van der Waals surface area contributed by atoms with E-state index in [0.29, 0.717) is 29.8 Å². The number of amides is 1. The summed E-state index contributed by atoms with van der Waals surface area (Å²) in [5.74, 6) is 2.17. The quantitative estimate of drug-likeness (QED) is 0.468. The summed E-state index contributed by atoms with van der Waals surface area (Å²) in [5, 5.41) is 9.41. The number of nitrogens with zero attached hydrogens (tertiary/aromatic N) is 4. The van der Waals surface area contributed by atoms with Crippen molar-refractivity contribution < 1.29 is 9.21 Å². The van der Waals surface area contributed by atoms with Crippen LogP contribution in [0.4, 0.5) is 0 Å². The van der Waals surface area contributed by atoms with Gasteiger partial charge in [0, 0.05) is 18.6 Å². The van der Waals surface area contributed by atoms with Crippen molar-refractivity contribution in [2.75, 3.05) is 5.75 Å². The molecule has 160 valence electrons. The third-order valence-corrected chi connectivity index (χ3v) is 5.58. The van der Waals surface area contributed by atoms with Crippen molar-refractivity contribution in [3.05, 3.63) is 54.3 Å². The monoisotopic (exact) mass is 426 g/mol.